The van der Waals surface area contributed by atoms with Crippen LogP contribution >= 0.6 is 12.4 Å². The van der Waals surface area contributed by atoms with Crippen LogP contribution in [0, 0.1) is 13.8 Å². The number of carbonyl (C=O) groups excluding carboxylic acids is 1. The number of methoxy groups -OCH3 is 1. The number of rotatable bonds is 3. The molecule has 0 bridgehead atoms. The van der Waals surface area contributed by atoms with Gasteiger partial charge >= 0.3 is 5.97 Å². The molecule has 1 atom stereocenters. The lowest BCUT2D eigenvalue weighted by molar-refractivity contribution is 0.0594. The van der Waals surface area contributed by atoms with Gasteiger partial charge in [-0.2, -0.15) is 4.31 Å². The molecule has 2 heterocycles. The van der Waals surface area contributed by atoms with Crippen molar-refractivity contribution in [3.8, 4) is 0 Å². The topological polar surface area (TPSA) is 103 Å². The largest absolute Gasteiger partial charge is 0.465 e. The molecule has 9 heteroatoms. The van der Waals surface area contributed by atoms with Crippen molar-refractivity contribution in [2.75, 3.05) is 20.2 Å². The van der Waals surface area contributed by atoms with Gasteiger partial charge in [0.15, 0.2) is 0 Å². The highest BCUT2D eigenvalue weighted by Crippen LogP contribution is 2.31. The summed E-state index contributed by atoms with van der Waals surface area (Å²) in [6, 6.07) is -0.181. The number of sulfonamides is 1. The molecule has 0 spiro atoms. The SMILES string of the molecule is COC(=O)c1c(C)oc(C)c1S(=O)(=O)N1CC[C@H](N)C1.Cl. The van der Waals surface area contributed by atoms with Gasteiger partial charge in [0, 0.05) is 19.1 Å². The Morgan fingerprint density at radius 3 is 2.48 bits per heavy atom. The number of ether oxygens (including phenoxy) is 1. The summed E-state index contributed by atoms with van der Waals surface area (Å²) in [7, 11) is -2.61. The Kier molecular flexibility index (Phi) is 5.43. The molecule has 1 aromatic heterocycles. The average molecular weight is 339 g/mol. The minimum atomic E-state index is -3.81. The van der Waals surface area contributed by atoms with Crippen molar-refractivity contribution in [3.05, 3.63) is 17.1 Å². The number of hydrogen-bond acceptors (Lipinski definition) is 6. The summed E-state index contributed by atoms with van der Waals surface area (Å²) in [6.45, 7) is 3.64. The standard InChI is InChI=1S/C12H18N2O5S.ClH/c1-7-10(12(15)18-3)11(8(2)19-7)20(16,17)14-5-4-9(13)6-14;/h9H,4-6,13H2,1-3H3;1H/t9-;/m0./s1. The van der Waals surface area contributed by atoms with E-state index in [0.717, 1.165) is 0 Å². The number of esters is 1. The summed E-state index contributed by atoms with van der Waals surface area (Å²) < 4.78 is 36.5. The number of nitrogens with two attached hydrogens (primary N) is 1. The minimum absolute atomic E-state index is 0. The second-order valence-electron chi connectivity index (χ2n) is 4.82. The third kappa shape index (κ3) is 3.08. The molecule has 0 aromatic carbocycles. The fraction of sp³-hybridized carbons (Fsp3) is 0.583. The van der Waals surface area contributed by atoms with Crippen molar-refractivity contribution in [1.82, 2.24) is 4.31 Å². The van der Waals surface area contributed by atoms with Crippen LogP contribution in [0.5, 0.6) is 0 Å². The fourth-order valence-electron chi connectivity index (χ4n) is 2.41. The normalized spacial score (nSPS) is 19.3. The highest BCUT2D eigenvalue weighted by molar-refractivity contribution is 7.89. The van der Waals surface area contributed by atoms with Gasteiger partial charge in [0.05, 0.1) is 7.11 Å². The highest BCUT2D eigenvalue weighted by atomic mass is 35.5. The van der Waals surface area contributed by atoms with Crippen LogP contribution in [0.4, 0.5) is 0 Å². The summed E-state index contributed by atoms with van der Waals surface area (Å²) in [5, 5.41) is 0. The van der Waals surface area contributed by atoms with E-state index in [1.165, 1.54) is 25.3 Å². The first-order chi connectivity index (χ1) is 9.28. The number of carbonyl (C=O) groups is 1. The molecule has 1 aliphatic heterocycles. The Balaban J connectivity index is 0.00000220. The summed E-state index contributed by atoms with van der Waals surface area (Å²) in [5.41, 5.74) is 5.71. The van der Waals surface area contributed by atoms with E-state index in [1.54, 1.807) is 0 Å². The number of hydrogen-bond donors (Lipinski definition) is 1. The molecule has 0 saturated carbocycles. The predicted molar refractivity (Wildman–Crippen MR) is 78.1 cm³/mol. The van der Waals surface area contributed by atoms with E-state index in [0.29, 0.717) is 13.0 Å². The first-order valence-corrected chi connectivity index (χ1v) is 7.67. The Bertz CT molecular complexity index is 640. The van der Waals surface area contributed by atoms with E-state index in [9.17, 15) is 13.2 Å². The number of furan rings is 1. The maximum atomic E-state index is 12.7. The maximum absolute atomic E-state index is 12.7. The van der Waals surface area contributed by atoms with Crippen molar-refractivity contribution < 1.29 is 22.4 Å². The number of nitrogens with zero attached hydrogens (tertiary/aromatic N) is 1. The molecule has 1 aromatic rings. The molecule has 1 saturated heterocycles. The lowest BCUT2D eigenvalue weighted by Gasteiger charge is -2.16. The van der Waals surface area contributed by atoms with Crippen LogP contribution in [-0.4, -0.2) is 44.9 Å². The molecule has 7 nitrogen and oxygen atoms in total. The Labute approximate surface area is 129 Å². The molecule has 0 aliphatic carbocycles. The lowest BCUT2D eigenvalue weighted by Crippen LogP contribution is -2.33. The molecular weight excluding hydrogens is 320 g/mol. The van der Waals surface area contributed by atoms with Crippen LogP contribution in [0.2, 0.25) is 0 Å². The van der Waals surface area contributed by atoms with Crippen LogP contribution < -0.4 is 5.73 Å². The van der Waals surface area contributed by atoms with Gasteiger partial charge < -0.3 is 14.9 Å². The van der Waals surface area contributed by atoms with Gasteiger partial charge in [-0.3, -0.25) is 0 Å². The van der Waals surface area contributed by atoms with Crippen molar-refractivity contribution in [2.24, 2.45) is 5.73 Å². The van der Waals surface area contributed by atoms with E-state index in [4.69, 9.17) is 10.2 Å². The van der Waals surface area contributed by atoms with E-state index in [2.05, 4.69) is 4.74 Å². The quantitative estimate of drug-likeness (QED) is 0.819. The van der Waals surface area contributed by atoms with E-state index in [-0.39, 0.29) is 47.0 Å². The van der Waals surface area contributed by atoms with E-state index in [1.807, 2.05) is 0 Å². The predicted octanol–water partition coefficient (Wildman–Crippen LogP) is 0.827. The lowest BCUT2D eigenvalue weighted by atomic mass is 10.2. The average Bonchev–Trinajstić information content (AvgIpc) is 2.92. The van der Waals surface area contributed by atoms with Crippen LogP contribution in [0.1, 0.15) is 28.3 Å². The zero-order chi connectivity index (χ0) is 15.1. The summed E-state index contributed by atoms with van der Waals surface area (Å²) in [6.07, 6.45) is 0.600. The molecule has 1 fully saturated rings. The van der Waals surface area contributed by atoms with Gasteiger partial charge in [0.25, 0.3) is 0 Å². The van der Waals surface area contributed by atoms with E-state index < -0.39 is 16.0 Å². The molecule has 1 aliphatic rings. The van der Waals surface area contributed by atoms with Gasteiger partial charge in [-0.1, -0.05) is 0 Å². The monoisotopic (exact) mass is 338 g/mol. The maximum Gasteiger partial charge on any atom is 0.342 e. The fourth-order valence-corrected chi connectivity index (χ4v) is 4.30. The molecule has 0 amide bonds. The van der Waals surface area contributed by atoms with Crippen molar-refractivity contribution >= 4 is 28.4 Å². The van der Waals surface area contributed by atoms with Gasteiger partial charge in [-0.25, -0.2) is 13.2 Å². The molecule has 2 N–H and O–H groups in total. The third-order valence-corrected chi connectivity index (χ3v) is 5.40. The molecule has 21 heavy (non-hydrogen) atoms. The first-order valence-electron chi connectivity index (χ1n) is 6.23. The Hall–Kier alpha value is -1.09. The first kappa shape index (κ1) is 18.0. The van der Waals surface area contributed by atoms with Gasteiger partial charge in [-0.15, -0.1) is 12.4 Å². The number of aryl methyl sites for hydroxylation is 2. The summed E-state index contributed by atoms with van der Waals surface area (Å²) in [4.78, 5) is 11.7. The van der Waals surface area contributed by atoms with E-state index >= 15 is 0 Å². The number of halogens is 1. The smallest absolute Gasteiger partial charge is 0.342 e. The zero-order valence-electron chi connectivity index (χ0n) is 12.1. The molecule has 0 unspecified atom stereocenters. The van der Waals surface area contributed by atoms with Gasteiger partial charge in [0.2, 0.25) is 10.0 Å². The zero-order valence-corrected chi connectivity index (χ0v) is 13.7. The van der Waals surface area contributed by atoms with Crippen molar-refractivity contribution in [1.29, 1.82) is 0 Å². The Morgan fingerprint density at radius 1 is 1.38 bits per heavy atom. The highest BCUT2D eigenvalue weighted by Gasteiger charge is 2.38. The Morgan fingerprint density at radius 2 is 2.00 bits per heavy atom. The second-order valence-corrected chi connectivity index (χ2v) is 6.70. The van der Waals surface area contributed by atoms with Crippen LogP contribution in [0.15, 0.2) is 9.31 Å². The minimum Gasteiger partial charge on any atom is -0.465 e. The molecule has 0 radical (unpaired) electrons. The summed E-state index contributed by atoms with van der Waals surface area (Å²) in [5.74, 6) is -0.304. The van der Waals surface area contributed by atoms with Crippen LogP contribution in [0.3, 0.4) is 0 Å². The van der Waals surface area contributed by atoms with Crippen LogP contribution in [0.25, 0.3) is 0 Å². The van der Waals surface area contributed by atoms with Gasteiger partial charge in [-0.05, 0) is 20.3 Å². The summed E-state index contributed by atoms with van der Waals surface area (Å²) >= 11 is 0. The van der Waals surface area contributed by atoms with Crippen LogP contribution in [-0.2, 0) is 14.8 Å². The molecular formula is C12H19ClN2O5S. The van der Waals surface area contributed by atoms with Crippen molar-refractivity contribution in [3.63, 3.8) is 0 Å². The second kappa shape index (κ2) is 6.35. The molecule has 2 rings (SSSR count). The molecule has 120 valence electrons. The van der Waals surface area contributed by atoms with Gasteiger partial charge in [0.1, 0.15) is 22.0 Å². The third-order valence-electron chi connectivity index (χ3n) is 3.38. The van der Waals surface area contributed by atoms with Crippen molar-refractivity contribution in [2.45, 2.75) is 31.2 Å².